The van der Waals surface area contributed by atoms with Crippen LogP contribution in [0.2, 0.25) is 0 Å². The second-order valence-corrected chi connectivity index (χ2v) is 7.50. The molecular weight excluding hydrogens is 388 g/mol. The standard InChI is InChI=1S/C23H22N4O2.C2H4/c1-3-27-14-20(23-24-8-9-29-23)21(28)19-12-18(13-25-22(19)27)26(2)17-10-15-6-4-5-7-16(15)11-17;1-2/h4-9,12-14,17H,3,10-11H2,1-2H3;1-2H2. The average Bonchev–Trinajstić information content (AvgIpc) is 3.50. The molecule has 158 valence electrons. The summed E-state index contributed by atoms with van der Waals surface area (Å²) in [5.41, 5.74) is 4.78. The Hall–Kier alpha value is -3.67. The minimum absolute atomic E-state index is 0.107. The van der Waals surface area contributed by atoms with E-state index in [9.17, 15) is 4.79 Å². The Bertz CT molecular complexity index is 1240. The first-order valence-corrected chi connectivity index (χ1v) is 10.4. The molecule has 0 bridgehead atoms. The monoisotopic (exact) mass is 414 g/mol. The highest BCUT2D eigenvalue weighted by Gasteiger charge is 2.25. The van der Waals surface area contributed by atoms with E-state index >= 15 is 0 Å². The van der Waals surface area contributed by atoms with E-state index in [1.54, 1.807) is 12.4 Å². The van der Waals surface area contributed by atoms with Crippen LogP contribution in [-0.4, -0.2) is 27.6 Å². The third-order valence-electron chi connectivity index (χ3n) is 5.89. The summed E-state index contributed by atoms with van der Waals surface area (Å²) in [4.78, 5) is 24.2. The molecule has 0 unspecified atom stereocenters. The Kier molecular flexibility index (Phi) is 5.71. The molecule has 1 aliphatic rings. The molecule has 0 amide bonds. The molecule has 31 heavy (non-hydrogen) atoms. The van der Waals surface area contributed by atoms with Gasteiger partial charge < -0.3 is 13.9 Å². The fourth-order valence-corrected chi connectivity index (χ4v) is 4.23. The van der Waals surface area contributed by atoms with Gasteiger partial charge >= 0.3 is 0 Å². The fourth-order valence-electron chi connectivity index (χ4n) is 4.23. The molecule has 0 atom stereocenters. The average molecular weight is 415 g/mol. The van der Waals surface area contributed by atoms with E-state index in [0.29, 0.717) is 35.1 Å². The van der Waals surface area contributed by atoms with Crippen molar-refractivity contribution in [3.05, 3.63) is 89.7 Å². The van der Waals surface area contributed by atoms with Gasteiger partial charge in [0.05, 0.1) is 23.5 Å². The molecule has 0 saturated heterocycles. The summed E-state index contributed by atoms with van der Waals surface area (Å²) in [7, 11) is 2.08. The molecule has 3 heterocycles. The van der Waals surface area contributed by atoms with Crippen molar-refractivity contribution in [3.63, 3.8) is 0 Å². The highest BCUT2D eigenvalue weighted by molar-refractivity contribution is 5.82. The maximum Gasteiger partial charge on any atom is 0.231 e. The van der Waals surface area contributed by atoms with Gasteiger partial charge in [-0.15, -0.1) is 13.2 Å². The molecule has 3 aromatic heterocycles. The Labute approximate surface area is 181 Å². The van der Waals surface area contributed by atoms with Gasteiger partial charge in [0.25, 0.3) is 0 Å². The Morgan fingerprint density at radius 2 is 1.90 bits per heavy atom. The Morgan fingerprint density at radius 3 is 2.52 bits per heavy atom. The third-order valence-corrected chi connectivity index (χ3v) is 5.89. The van der Waals surface area contributed by atoms with Crippen LogP contribution in [0, 0.1) is 0 Å². The minimum atomic E-state index is -0.107. The number of hydrogen-bond acceptors (Lipinski definition) is 5. The molecule has 6 nitrogen and oxygen atoms in total. The number of hydrogen-bond donors (Lipinski definition) is 0. The first kappa shape index (κ1) is 20.6. The molecule has 0 spiro atoms. The second kappa shape index (κ2) is 8.60. The van der Waals surface area contributed by atoms with E-state index in [1.165, 1.54) is 17.4 Å². The van der Waals surface area contributed by atoms with Crippen molar-refractivity contribution in [1.29, 1.82) is 0 Å². The zero-order chi connectivity index (χ0) is 22.0. The number of fused-ring (bicyclic) bond motifs is 2. The van der Waals surface area contributed by atoms with Crippen molar-refractivity contribution in [2.45, 2.75) is 32.4 Å². The van der Waals surface area contributed by atoms with E-state index in [-0.39, 0.29) is 5.43 Å². The van der Waals surface area contributed by atoms with Gasteiger partial charge in [0.15, 0.2) is 0 Å². The molecule has 0 aliphatic heterocycles. The lowest BCUT2D eigenvalue weighted by molar-refractivity contribution is 0.573. The van der Waals surface area contributed by atoms with Crippen molar-refractivity contribution in [2.75, 3.05) is 11.9 Å². The lowest BCUT2D eigenvalue weighted by atomic mass is 10.1. The van der Waals surface area contributed by atoms with Crippen molar-refractivity contribution in [1.82, 2.24) is 14.5 Å². The quantitative estimate of drug-likeness (QED) is 0.461. The summed E-state index contributed by atoms with van der Waals surface area (Å²) >= 11 is 0. The Morgan fingerprint density at radius 1 is 1.19 bits per heavy atom. The van der Waals surface area contributed by atoms with E-state index in [4.69, 9.17) is 4.42 Å². The second-order valence-electron chi connectivity index (χ2n) is 7.50. The van der Waals surface area contributed by atoms with Crippen molar-refractivity contribution >= 4 is 16.7 Å². The lowest BCUT2D eigenvalue weighted by Gasteiger charge is -2.26. The third kappa shape index (κ3) is 3.65. The van der Waals surface area contributed by atoms with Gasteiger partial charge in [0.1, 0.15) is 17.5 Å². The number of aromatic nitrogens is 3. The van der Waals surface area contributed by atoms with Gasteiger partial charge in [-0.05, 0) is 37.0 Å². The van der Waals surface area contributed by atoms with Crippen LogP contribution in [0.25, 0.3) is 22.5 Å². The predicted octanol–water partition coefficient (Wildman–Crippen LogP) is 4.48. The van der Waals surface area contributed by atoms with Gasteiger partial charge in [-0.1, -0.05) is 24.3 Å². The first-order chi connectivity index (χ1) is 15.2. The van der Waals surface area contributed by atoms with Gasteiger partial charge in [-0.25, -0.2) is 9.97 Å². The zero-order valence-corrected chi connectivity index (χ0v) is 17.9. The molecular formula is C25H26N4O2. The highest BCUT2D eigenvalue weighted by Crippen LogP contribution is 2.29. The maximum atomic E-state index is 13.2. The molecule has 5 rings (SSSR count). The van der Waals surface area contributed by atoms with Crippen LogP contribution in [0.3, 0.4) is 0 Å². The highest BCUT2D eigenvalue weighted by atomic mass is 16.3. The first-order valence-electron chi connectivity index (χ1n) is 10.4. The van der Waals surface area contributed by atoms with Crippen LogP contribution >= 0.6 is 0 Å². The molecule has 1 aliphatic carbocycles. The summed E-state index contributed by atoms with van der Waals surface area (Å²) in [6, 6.07) is 10.9. The lowest BCUT2D eigenvalue weighted by Crippen LogP contribution is -2.32. The summed E-state index contributed by atoms with van der Waals surface area (Å²) < 4.78 is 7.35. The van der Waals surface area contributed by atoms with E-state index in [1.807, 2.05) is 23.8 Å². The number of pyridine rings is 2. The maximum absolute atomic E-state index is 13.2. The largest absolute Gasteiger partial charge is 0.444 e. The van der Waals surface area contributed by atoms with E-state index < -0.39 is 0 Å². The molecule has 4 aromatic rings. The molecule has 1 aromatic carbocycles. The number of nitrogens with zero attached hydrogens (tertiary/aromatic N) is 4. The summed E-state index contributed by atoms with van der Waals surface area (Å²) in [6.45, 7) is 8.73. The van der Waals surface area contributed by atoms with Gasteiger partial charge in [0.2, 0.25) is 11.3 Å². The molecule has 0 fully saturated rings. The molecule has 0 saturated carbocycles. The number of likely N-dealkylation sites (N-methyl/N-ethyl adjacent to an activating group) is 1. The van der Waals surface area contributed by atoms with Crippen LogP contribution in [0.4, 0.5) is 5.69 Å². The number of rotatable bonds is 4. The Balaban J connectivity index is 0.00000112. The van der Waals surface area contributed by atoms with Crippen LogP contribution in [-0.2, 0) is 19.4 Å². The fraction of sp³-hybridized carbons (Fsp3) is 0.240. The molecule has 0 N–H and O–H groups in total. The van der Waals surface area contributed by atoms with Crippen LogP contribution in [0.15, 0.2) is 77.6 Å². The zero-order valence-electron chi connectivity index (χ0n) is 17.9. The number of aryl methyl sites for hydroxylation is 1. The van der Waals surface area contributed by atoms with Crippen LogP contribution in [0.5, 0.6) is 0 Å². The SMILES string of the molecule is C=C.CCn1cc(-c2ncco2)c(=O)c2cc(N(C)C3Cc4ccccc4C3)cnc21. The van der Waals surface area contributed by atoms with E-state index in [0.717, 1.165) is 18.5 Å². The number of anilines is 1. The van der Waals surface area contributed by atoms with Crippen LogP contribution in [0.1, 0.15) is 18.1 Å². The van der Waals surface area contributed by atoms with Crippen molar-refractivity contribution in [2.24, 2.45) is 0 Å². The molecule has 6 heteroatoms. The molecule has 0 radical (unpaired) electrons. The number of benzene rings is 1. The van der Waals surface area contributed by atoms with Crippen molar-refractivity contribution in [3.8, 4) is 11.5 Å². The predicted molar refractivity (Wildman–Crippen MR) is 124 cm³/mol. The normalized spacial score (nSPS) is 13.0. The van der Waals surface area contributed by atoms with E-state index in [2.05, 4.69) is 59.3 Å². The smallest absolute Gasteiger partial charge is 0.231 e. The van der Waals surface area contributed by atoms with Crippen molar-refractivity contribution < 1.29 is 4.42 Å². The van der Waals surface area contributed by atoms with Gasteiger partial charge in [-0.3, -0.25) is 4.79 Å². The van der Waals surface area contributed by atoms with Crippen LogP contribution < -0.4 is 10.3 Å². The summed E-state index contributed by atoms with van der Waals surface area (Å²) in [5.74, 6) is 0.337. The summed E-state index contributed by atoms with van der Waals surface area (Å²) in [6.07, 6.45) is 8.67. The van der Waals surface area contributed by atoms with Gasteiger partial charge in [0, 0.05) is 25.8 Å². The minimum Gasteiger partial charge on any atom is -0.444 e. The number of oxazole rings is 1. The van der Waals surface area contributed by atoms with Gasteiger partial charge in [-0.2, -0.15) is 0 Å². The topological polar surface area (TPSA) is 64.2 Å². The summed E-state index contributed by atoms with van der Waals surface area (Å²) in [5, 5.41) is 0.586.